The van der Waals surface area contributed by atoms with Crippen molar-refractivity contribution in [3.63, 3.8) is 0 Å². The van der Waals surface area contributed by atoms with Crippen molar-refractivity contribution in [3.8, 4) is 0 Å². The SMILES string of the molecule is CN(C(=O)Cc1ccccc1N)C1CCCC1. The lowest BCUT2D eigenvalue weighted by Crippen LogP contribution is -2.36. The number of benzene rings is 1. The minimum absolute atomic E-state index is 0.176. The first-order chi connectivity index (χ1) is 8.18. The molecule has 0 spiro atoms. The number of rotatable bonds is 3. The Morgan fingerprint density at radius 2 is 2.00 bits per heavy atom. The van der Waals surface area contributed by atoms with Crippen molar-refractivity contribution in [2.45, 2.75) is 38.1 Å². The number of carbonyl (C=O) groups excluding carboxylic acids is 1. The van der Waals surface area contributed by atoms with Gasteiger partial charge in [0.1, 0.15) is 0 Å². The smallest absolute Gasteiger partial charge is 0.227 e. The Labute approximate surface area is 103 Å². The molecule has 0 atom stereocenters. The maximum Gasteiger partial charge on any atom is 0.227 e. The van der Waals surface area contributed by atoms with Crippen LogP contribution in [0.4, 0.5) is 5.69 Å². The van der Waals surface area contributed by atoms with Crippen LogP contribution in [0, 0.1) is 0 Å². The van der Waals surface area contributed by atoms with E-state index in [2.05, 4.69) is 0 Å². The van der Waals surface area contributed by atoms with Gasteiger partial charge in [0.05, 0.1) is 6.42 Å². The van der Waals surface area contributed by atoms with E-state index in [1.807, 2.05) is 36.2 Å². The molecule has 3 heteroatoms. The van der Waals surface area contributed by atoms with E-state index in [4.69, 9.17) is 5.73 Å². The van der Waals surface area contributed by atoms with E-state index in [1.165, 1.54) is 12.8 Å². The van der Waals surface area contributed by atoms with E-state index >= 15 is 0 Å². The Kier molecular flexibility index (Phi) is 3.67. The highest BCUT2D eigenvalue weighted by atomic mass is 16.2. The Morgan fingerprint density at radius 1 is 1.35 bits per heavy atom. The molecule has 0 heterocycles. The second-order valence-corrected chi connectivity index (χ2v) is 4.82. The van der Waals surface area contributed by atoms with Crippen LogP contribution in [0.3, 0.4) is 0 Å². The Hall–Kier alpha value is -1.51. The first-order valence-corrected chi connectivity index (χ1v) is 6.27. The van der Waals surface area contributed by atoms with Crippen molar-refractivity contribution in [1.82, 2.24) is 4.90 Å². The zero-order chi connectivity index (χ0) is 12.3. The molecule has 1 saturated carbocycles. The summed E-state index contributed by atoms with van der Waals surface area (Å²) in [5.74, 6) is 0.176. The molecule has 92 valence electrons. The van der Waals surface area contributed by atoms with Crippen molar-refractivity contribution in [3.05, 3.63) is 29.8 Å². The second-order valence-electron chi connectivity index (χ2n) is 4.82. The second kappa shape index (κ2) is 5.21. The van der Waals surface area contributed by atoms with Gasteiger partial charge in [-0.1, -0.05) is 31.0 Å². The number of hydrogen-bond acceptors (Lipinski definition) is 2. The van der Waals surface area contributed by atoms with Gasteiger partial charge >= 0.3 is 0 Å². The average molecular weight is 232 g/mol. The molecule has 17 heavy (non-hydrogen) atoms. The summed E-state index contributed by atoms with van der Waals surface area (Å²) < 4.78 is 0. The molecule has 0 aliphatic heterocycles. The summed E-state index contributed by atoms with van der Waals surface area (Å²) in [7, 11) is 1.91. The topological polar surface area (TPSA) is 46.3 Å². The molecule has 1 amide bonds. The van der Waals surface area contributed by atoms with E-state index < -0.39 is 0 Å². The molecular weight excluding hydrogens is 212 g/mol. The summed E-state index contributed by atoms with van der Waals surface area (Å²) in [6, 6.07) is 8.03. The molecule has 1 fully saturated rings. The third kappa shape index (κ3) is 2.78. The Balaban J connectivity index is 1.99. The molecule has 0 aromatic heterocycles. The quantitative estimate of drug-likeness (QED) is 0.812. The van der Waals surface area contributed by atoms with Crippen LogP contribution >= 0.6 is 0 Å². The molecule has 2 N–H and O–H groups in total. The number of carbonyl (C=O) groups is 1. The van der Waals surface area contributed by atoms with Gasteiger partial charge in [0.2, 0.25) is 5.91 Å². The van der Waals surface area contributed by atoms with Crippen LogP contribution in [0.5, 0.6) is 0 Å². The summed E-state index contributed by atoms with van der Waals surface area (Å²) in [4.78, 5) is 14.0. The van der Waals surface area contributed by atoms with Gasteiger partial charge in [0.25, 0.3) is 0 Å². The van der Waals surface area contributed by atoms with Crippen molar-refractivity contribution < 1.29 is 4.79 Å². The third-order valence-electron chi connectivity index (χ3n) is 3.66. The highest BCUT2D eigenvalue weighted by Crippen LogP contribution is 2.23. The number of likely N-dealkylation sites (N-methyl/N-ethyl adjacent to an activating group) is 1. The van der Waals surface area contributed by atoms with Gasteiger partial charge in [-0.05, 0) is 24.5 Å². The zero-order valence-corrected chi connectivity index (χ0v) is 10.4. The molecular formula is C14H20N2O. The van der Waals surface area contributed by atoms with E-state index in [0.29, 0.717) is 18.2 Å². The van der Waals surface area contributed by atoms with Gasteiger partial charge in [0, 0.05) is 18.8 Å². The van der Waals surface area contributed by atoms with Crippen LogP contribution < -0.4 is 5.73 Å². The minimum Gasteiger partial charge on any atom is -0.398 e. The fourth-order valence-corrected chi connectivity index (χ4v) is 2.48. The van der Waals surface area contributed by atoms with Crippen LogP contribution in [0.1, 0.15) is 31.2 Å². The van der Waals surface area contributed by atoms with Gasteiger partial charge in [-0.25, -0.2) is 0 Å². The van der Waals surface area contributed by atoms with E-state index in [-0.39, 0.29) is 5.91 Å². The monoisotopic (exact) mass is 232 g/mol. The molecule has 0 saturated heterocycles. The largest absolute Gasteiger partial charge is 0.398 e. The average Bonchev–Trinajstić information content (AvgIpc) is 2.84. The number of para-hydroxylation sites is 1. The van der Waals surface area contributed by atoms with E-state index in [0.717, 1.165) is 18.4 Å². The normalized spacial score (nSPS) is 16.1. The van der Waals surface area contributed by atoms with Gasteiger partial charge < -0.3 is 10.6 Å². The molecule has 1 aliphatic carbocycles. The summed E-state index contributed by atoms with van der Waals surface area (Å²) in [5, 5.41) is 0. The number of amides is 1. The van der Waals surface area contributed by atoms with Crippen molar-refractivity contribution in [2.24, 2.45) is 0 Å². The van der Waals surface area contributed by atoms with Gasteiger partial charge in [-0.15, -0.1) is 0 Å². The molecule has 1 aromatic carbocycles. The van der Waals surface area contributed by atoms with E-state index in [9.17, 15) is 4.79 Å². The lowest BCUT2D eigenvalue weighted by Gasteiger charge is -2.24. The lowest BCUT2D eigenvalue weighted by molar-refractivity contribution is -0.131. The fraction of sp³-hybridized carbons (Fsp3) is 0.500. The lowest BCUT2D eigenvalue weighted by atomic mass is 10.1. The predicted octanol–water partition coefficient (Wildman–Crippen LogP) is 2.21. The summed E-state index contributed by atoms with van der Waals surface area (Å²) in [6.45, 7) is 0. The van der Waals surface area contributed by atoms with Gasteiger partial charge in [-0.2, -0.15) is 0 Å². The molecule has 0 unspecified atom stereocenters. The summed E-state index contributed by atoms with van der Waals surface area (Å²) >= 11 is 0. The van der Waals surface area contributed by atoms with Crippen molar-refractivity contribution in [2.75, 3.05) is 12.8 Å². The molecule has 2 rings (SSSR count). The van der Waals surface area contributed by atoms with Crippen LogP contribution in [-0.2, 0) is 11.2 Å². The summed E-state index contributed by atoms with van der Waals surface area (Å²) in [5.41, 5.74) is 7.49. The summed E-state index contributed by atoms with van der Waals surface area (Å²) in [6.07, 6.45) is 5.20. The molecule has 3 nitrogen and oxygen atoms in total. The number of nitrogens with two attached hydrogens (primary N) is 1. The van der Waals surface area contributed by atoms with E-state index in [1.54, 1.807) is 0 Å². The van der Waals surface area contributed by atoms with Crippen LogP contribution in [-0.4, -0.2) is 23.9 Å². The van der Waals surface area contributed by atoms with Crippen molar-refractivity contribution >= 4 is 11.6 Å². The molecule has 0 bridgehead atoms. The standard InChI is InChI=1S/C14H20N2O/c1-16(12-7-3-4-8-12)14(17)10-11-6-2-5-9-13(11)15/h2,5-6,9,12H,3-4,7-8,10,15H2,1H3. The van der Waals surface area contributed by atoms with Crippen molar-refractivity contribution in [1.29, 1.82) is 0 Å². The maximum absolute atomic E-state index is 12.1. The molecule has 0 radical (unpaired) electrons. The number of hydrogen-bond donors (Lipinski definition) is 1. The Morgan fingerprint density at radius 3 is 2.65 bits per heavy atom. The maximum atomic E-state index is 12.1. The Bertz CT molecular complexity index is 397. The molecule has 1 aromatic rings. The highest BCUT2D eigenvalue weighted by molar-refractivity contribution is 5.80. The molecule has 1 aliphatic rings. The first kappa shape index (κ1) is 12.0. The number of nitrogen functional groups attached to an aromatic ring is 1. The minimum atomic E-state index is 0.176. The zero-order valence-electron chi connectivity index (χ0n) is 10.4. The van der Waals surface area contributed by atoms with Crippen LogP contribution in [0.2, 0.25) is 0 Å². The fourth-order valence-electron chi connectivity index (χ4n) is 2.48. The third-order valence-corrected chi connectivity index (χ3v) is 3.66. The highest BCUT2D eigenvalue weighted by Gasteiger charge is 2.23. The van der Waals surface area contributed by atoms with Gasteiger partial charge in [0.15, 0.2) is 0 Å². The van der Waals surface area contributed by atoms with Crippen LogP contribution in [0.25, 0.3) is 0 Å². The predicted molar refractivity (Wildman–Crippen MR) is 69.6 cm³/mol. The number of anilines is 1. The number of nitrogens with zero attached hydrogens (tertiary/aromatic N) is 1. The first-order valence-electron chi connectivity index (χ1n) is 6.27. The van der Waals surface area contributed by atoms with Gasteiger partial charge in [-0.3, -0.25) is 4.79 Å². The van der Waals surface area contributed by atoms with Crippen LogP contribution in [0.15, 0.2) is 24.3 Å².